The van der Waals surface area contributed by atoms with E-state index in [1.54, 1.807) is 37.4 Å². The first kappa shape index (κ1) is 32.4. The van der Waals surface area contributed by atoms with Crippen LogP contribution in [-0.4, -0.2) is 145 Å². The molecule has 0 radical (unpaired) electrons. The number of esters is 2. The molecule has 13 heteroatoms. The zero-order valence-corrected chi connectivity index (χ0v) is 27.0. The lowest BCUT2D eigenvalue weighted by Crippen LogP contribution is -2.85. The van der Waals surface area contributed by atoms with E-state index >= 15 is 0 Å². The largest absolute Gasteiger partial charge is 0.455 e. The van der Waals surface area contributed by atoms with Crippen molar-refractivity contribution in [1.82, 2.24) is 4.90 Å². The molecule has 13 nitrogen and oxygen atoms in total. The number of carbonyl (C=O) groups is 2. The number of piperidine rings is 1. The van der Waals surface area contributed by atoms with Crippen LogP contribution in [0.25, 0.3) is 0 Å². The number of nitrogens with zero attached hydrogens (tertiary/aromatic N) is 1. The van der Waals surface area contributed by atoms with E-state index in [-0.39, 0.29) is 18.6 Å². The van der Waals surface area contributed by atoms with Gasteiger partial charge in [-0.2, -0.15) is 0 Å². The fraction of sp³-hybridized carbons (Fsp3) is 0.758. The molecule has 1 aromatic carbocycles. The van der Waals surface area contributed by atoms with Gasteiger partial charge in [-0.1, -0.05) is 18.2 Å². The standard InChI is InChI=1S/C33H45NO12/c1-16(35)46-33-20-21(43-5)22-29(15-41-3)14-34(2)24(20)32(22,19(42-4)12-18(29)36)31(40)13-30(39,27(44-6)25(33)37)26(23(31)33)45-28(38)17-10-8-7-9-11-17/h7-11,18-27,36-37,39-40H,12-15H2,1-6H3/t18-,19+,20+,21-,22-,23-,24-,25+,26+,27+,29+,30-,31-,32-,33+/m1/s1. The second kappa shape index (κ2) is 10.4. The Hall–Kier alpha value is -2.20. The quantitative estimate of drug-likeness (QED) is 0.263. The summed E-state index contributed by atoms with van der Waals surface area (Å²) in [6, 6.07) is 7.61. The van der Waals surface area contributed by atoms with E-state index < -0.39 is 106 Å². The molecular weight excluding hydrogens is 602 g/mol. The second-order valence-electron chi connectivity index (χ2n) is 14.4. The van der Waals surface area contributed by atoms with Crippen LogP contribution < -0.4 is 0 Å². The van der Waals surface area contributed by atoms with Crippen molar-refractivity contribution >= 4 is 11.9 Å². The van der Waals surface area contributed by atoms with Gasteiger partial charge in [-0.25, -0.2) is 4.79 Å². The number of ether oxygens (including phenoxy) is 6. The summed E-state index contributed by atoms with van der Waals surface area (Å²) in [5.74, 6) is -4.35. The summed E-state index contributed by atoms with van der Waals surface area (Å²) < 4.78 is 36.7. The number of aliphatic hydroxyl groups excluding tert-OH is 2. The third-order valence-electron chi connectivity index (χ3n) is 12.9. The Morgan fingerprint density at radius 3 is 2.26 bits per heavy atom. The molecule has 46 heavy (non-hydrogen) atoms. The predicted molar refractivity (Wildman–Crippen MR) is 157 cm³/mol. The smallest absolute Gasteiger partial charge is 0.338 e. The number of aliphatic hydroxyl groups is 4. The van der Waals surface area contributed by atoms with Crippen molar-refractivity contribution in [3.05, 3.63) is 35.9 Å². The van der Waals surface area contributed by atoms with Gasteiger partial charge in [0.05, 0.1) is 42.0 Å². The topological polar surface area (TPSA) is 174 Å². The van der Waals surface area contributed by atoms with Gasteiger partial charge in [-0.15, -0.1) is 0 Å². The van der Waals surface area contributed by atoms with Crippen LogP contribution in [0.2, 0.25) is 0 Å². The van der Waals surface area contributed by atoms with Gasteiger partial charge < -0.3 is 53.7 Å². The van der Waals surface area contributed by atoms with Gasteiger partial charge in [0, 0.05) is 83.5 Å². The van der Waals surface area contributed by atoms with Gasteiger partial charge >= 0.3 is 11.9 Å². The third kappa shape index (κ3) is 3.41. The molecule has 6 fully saturated rings. The van der Waals surface area contributed by atoms with Gasteiger partial charge in [0.15, 0.2) is 5.60 Å². The number of fused-ring (bicyclic) bond motifs is 2. The average molecular weight is 648 g/mol. The van der Waals surface area contributed by atoms with Crippen molar-refractivity contribution in [2.45, 2.75) is 79.2 Å². The van der Waals surface area contributed by atoms with Crippen LogP contribution in [-0.2, 0) is 33.2 Å². The zero-order chi connectivity index (χ0) is 33.2. The van der Waals surface area contributed by atoms with Crippen molar-refractivity contribution in [3.63, 3.8) is 0 Å². The molecule has 0 aromatic heterocycles. The molecule has 1 aliphatic heterocycles. The van der Waals surface area contributed by atoms with Crippen LogP contribution in [0.5, 0.6) is 0 Å². The summed E-state index contributed by atoms with van der Waals surface area (Å²) >= 11 is 0. The van der Waals surface area contributed by atoms with Crippen LogP contribution >= 0.6 is 0 Å². The molecule has 1 saturated heterocycles. The van der Waals surface area contributed by atoms with Gasteiger partial charge in [0.2, 0.25) is 0 Å². The number of rotatable bonds is 8. The van der Waals surface area contributed by atoms with Gasteiger partial charge in [-0.05, 0) is 19.2 Å². The van der Waals surface area contributed by atoms with Gasteiger partial charge in [0.25, 0.3) is 0 Å². The molecule has 5 saturated carbocycles. The molecule has 1 aromatic rings. The zero-order valence-electron chi connectivity index (χ0n) is 27.0. The molecule has 0 unspecified atom stereocenters. The predicted octanol–water partition coefficient (Wildman–Crippen LogP) is -0.627. The molecule has 1 heterocycles. The van der Waals surface area contributed by atoms with Crippen molar-refractivity contribution in [2.24, 2.45) is 28.6 Å². The maximum Gasteiger partial charge on any atom is 0.338 e. The Morgan fingerprint density at radius 2 is 1.67 bits per heavy atom. The number of hydrogen-bond donors (Lipinski definition) is 4. The lowest BCUT2D eigenvalue weighted by atomic mass is 9.40. The summed E-state index contributed by atoms with van der Waals surface area (Å²) in [7, 11) is 7.77. The molecule has 5 aliphatic carbocycles. The molecule has 7 bridgehead atoms. The summed E-state index contributed by atoms with van der Waals surface area (Å²) in [6.07, 6.45) is -7.39. The second-order valence-corrected chi connectivity index (χ2v) is 14.4. The van der Waals surface area contributed by atoms with E-state index in [1.807, 2.05) is 11.9 Å². The fourth-order valence-corrected chi connectivity index (χ4v) is 12.2. The molecule has 7 rings (SSSR count). The summed E-state index contributed by atoms with van der Waals surface area (Å²) in [6.45, 7) is 1.68. The minimum Gasteiger partial charge on any atom is -0.455 e. The van der Waals surface area contributed by atoms with E-state index in [1.165, 1.54) is 28.3 Å². The summed E-state index contributed by atoms with van der Waals surface area (Å²) in [4.78, 5) is 28.9. The molecule has 15 atom stereocenters. The van der Waals surface area contributed by atoms with Crippen LogP contribution in [0.1, 0.15) is 30.1 Å². The van der Waals surface area contributed by atoms with E-state index in [4.69, 9.17) is 28.4 Å². The van der Waals surface area contributed by atoms with E-state index in [0.717, 1.165) is 0 Å². The van der Waals surface area contributed by atoms with Crippen molar-refractivity contribution in [3.8, 4) is 0 Å². The highest BCUT2D eigenvalue weighted by Gasteiger charge is 2.96. The molecule has 6 aliphatic rings. The minimum atomic E-state index is -2.12. The molecule has 254 valence electrons. The molecular formula is C33H45NO12. The molecule has 1 spiro atoms. The fourth-order valence-electron chi connectivity index (χ4n) is 12.2. The third-order valence-corrected chi connectivity index (χ3v) is 12.9. The van der Waals surface area contributed by atoms with Crippen molar-refractivity contribution < 1.29 is 58.4 Å². The Bertz CT molecular complexity index is 1400. The first-order valence-electron chi connectivity index (χ1n) is 15.9. The average Bonchev–Trinajstić information content (AvgIpc) is 3.38. The Morgan fingerprint density at radius 1 is 0.978 bits per heavy atom. The van der Waals surface area contributed by atoms with E-state index in [9.17, 15) is 30.0 Å². The van der Waals surface area contributed by atoms with Crippen LogP contribution in [0.4, 0.5) is 0 Å². The van der Waals surface area contributed by atoms with Crippen molar-refractivity contribution in [2.75, 3.05) is 48.6 Å². The molecule has 0 amide bonds. The van der Waals surface area contributed by atoms with Crippen LogP contribution in [0.15, 0.2) is 30.3 Å². The number of carbonyl (C=O) groups excluding carboxylic acids is 2. The maximum absolute atomic E-state index is 13.7. The van der Waals surface area contributed by atoms with E-state index in [0.29, 0.717) is 6.54 Å². The Labute approximate surface area is 267 Å². The van der Waals surface area contributed by atoms with Crippen LogP contribution in [0.3, 0.4) is 0 Å². The first-order valence-corrected chi connectivity index (χ1v) is 15.9. The number of benzene rings is 1. The van der Waals surface area contributed by atoms with Gasteiger partial charge in [-0.3, -0.25) is 4.79 Å². The maximum atomic E-state index is 13.7. The summed E-state index contributed by atoms with van der Waals surface area (Å²) in [5.41, 5.74) is -8.16. The number of likely N-dealkylation sites (tertiary alicyclic amines) is 1. The highest BCUT2D eigenvalue weighted by atomic mass is 16.6. The van der Waals surface area contributed by atoms with Crippen LogP contribution in [0, 0.1) is 28.6 Å². The van der Waals surface area contributed by atoms with E-state index in [2.05, 4.69) is 0 Å². The normalized spacial score (nSPS) is 51.5. The Kier molecular flexibility index (Phi) is 7.31. The lowest BCUT2D eigenvalue weighted by Gasteiger charge is -2.72. The van der Waals surface area contributed by atoms with Crippen molar-refractivity contribution in [1.29, 1.82) is 0 Å². The first-order chi connectivity index (χ1) is 21.8. The number of methoxy groups -OCH3 is 4. The monoisotopic (exact) mass is 647 g/mol. The summed E-state index contributed by atoms with van der Waals surface area (Å²) in [5, 5.41) is 50.8. The number of hydrogen-bond acceptors (Lipinski definition) is 13. The molecule has 4 N–H and O–H groups in total. The van der Waals surface area contributed by atoms with Gasteiger partial charge in [0.1, 0.15) is 23.9 Å². The highest BCUT2D eigenvalue weighted by Crippen LogP contribution is 2.81. The Balaban J connectivity index is 1.56. The lowest BCUT2D eigenvalue weighted by molar-refractivity contribution is -0.353. The highest BCUT2D eigenvalue weighted by molar-refractivity contribution is 5.89. The SMILES string of the molecule is COC[C@]12CN(C)[C@@H]3[C@@H]4[C@@H](OC)[C@H]1[C@@]3([C@@H](OC)C[C@H]2O)[C@@]1(O)C[C@]2(O)[C@@H](OC)[C@H](O)[C@@]4(OC(C)=O)[C@@H]1[C@@H]2OC(=O)c1ccccc1. The minimum absolute atomic E-state index is 0.113.